The summed E-state index contributed by atoms with van der Waals surface area (Å²) < 4.78 is 39.5. The maximum atomic E-state index is 11.3. The second-order valence-electron chi connectivity index (χ2n) is 12.8. The standard InChI is InChI=1S/C29H52O20.C2H6/c1-2-10-22(37)28(23(38)13(5-32)46-10)45-9-17-25(40)29(44-8-16-21(36)27(42)19(34)12(4-31)48-16)24(39)15(49-17)7-43-6-14-20(35)26(41)18(33)11(3-30)47-14;1-2/h10-42H,2-9H2,1H3;1-2H3. The summed E-state index contributed by atoms with van der Waals surface area (Å²) in [6.07, 6.45) is -27.8. The van der Waals surface area contributed by atoms with Gasteiger partial charge in [0.2, 0.25) is 0 Å². The van der Waals surface area contributed by atoms with Crippen molar-refractivity contribution in [3.05, 3.63) is 0 Å². The third-order valence-corrected chi connectivity index (χ3v) is 9.60. The molecule has 0 aromatic heterocycles. The summed E-state index contributed by atoms with van der Waals surface area (Å²) in [4.78, 5) is 0. The molecule has 0 saturated carbocycles. The van der Waals surface area contributed by atoms with Crippen LogP contribution in [0, 0.1) is 0 Å². The van der Waals surface area contributed by atoms with Crippen LogP contribution in [0.5, 0.6) is 0 Å². The van der Waals surface area contributed by atoms with Gasteiger partial charge in [0.1, 0.15) is 116 Å². The number of hydrogen-bond donors (Lipinski definition) is 13. The van der Waals surface area contributed by atoms with E-state index in [4.69, 9.17) is 33.2 Å². The summed E-state index contributed by atoms with van der Waals surface area (Å²) in [5.74, 6) is 0. The molecular weight excluding hydrogens is 692 g/mol. The first kappa shape index (κ1) is 44.6. The van der Waals surface area contributed by atoms with Gasteiger partial charge in [-0.15, -0.1) is 0 Å². The van der Waals surface area contributed by atoms with Crippen LogP contribution in [0.3, 0.4) is 0 Å². The van der Waals surface area contributed by atoms with Gasteiger partial charge in [-0.1, -0.05) is 20.8 Å². The van der Waals surface area contributed by atoms with Crippen molar-refractivity contribution < 1.29 is 99.5 Å². The highest BCUT2D eigenvalue weighted by Gasteiger charge is 2.50. The lowest BCUT2D eigenvalue weighted by Crippen LogP contribution is -2.64. The number of aliphatic hydroxyl groups excluding tert-OH is 13. The highest BCUT2D eigenvalue weighted by atomic mass is 16.6. The predicted molar refractivity (Wildman–Crippen MR) is 168 cm³/mol. The zero-order valence-electron chi connectivity index (χ0n) is 28.9. The van der Waals surface area contributed by atoms with Crippen LogP contribution >= 0.6 is 0 Å². The molecule has 0 amide bonds. The van der Waals surface area contributed by atoms with Gasteiger partial charge in [0, 0.05) is 0 Å². The molecule has 0 aromatic rings. The minimum Gasteiger partial charge on any atom is -0.394 e. The van der Waals surface area contributed by atoms with E-state index >= 15 is 0 Å². The van der Waals surface area contributed by atoms with Gasteiger partial charge in [-0.25, -0.2) is 0 Å². The fourth-order valence-electron chi connectivity index (χ4n) is 6.52. The topological polar surface area (TPSA) is 328 Å². The molecule has 4 fully saturated rings. The van der Waals surface area contributed by atoms with Crippen molar-refractivity contribution in [1.29, 1.82) is 0 Å². The van der Waals surface area contributed by atoms with Crippen LogP contribution in [0.15, 0.2) is 0 Å². The fraction of sp³-hybridized carbons (Fsp3) is 1.00. The molecule has 20 nitrogen and oxygen atoms in total. The lowest BCUT2D eigenvalue weighted by molar-refractivity contribution is -0.287. The zero-order chi connectivity index (χ0) is 38.2. The second kappa shape index (κ2) is 20.8. The average molecular weight is 751 g/mol. The number of aliphatic hydroxyl groups is 13. The maximum Gasteiger partial charge on any atom is 0.115 e. The Morgan fingerprint density at radius 3 is 1.06 bits per heavy atom. The molecule has 20 unspecified atom stereocenters. The first-order chi connectivity index (χ1) is 24.3. The Bertz CT molecular complexity index is 964. The van der Waals surface area contributed by atoms with Crippen molar-refractivity contribution in [2.24, 2.45) is 0 Å². The first-order valence-corrected chi connectivity index (χ1v) is 17.3. The van der Waals surface area contributed by atoms with Gasteiger partial charge in [0.15, 0.2) is 0 Å². The number of ether oxygens (including phenoxy) is 7. The van der Waals surface area contributed by atoms with Crippen molar-refractivity contribution in [2.75, 3.05) is 46.2 Å². The van der Waals surface area contributed by atoms with Crippen molar-refractivity contribution in [3.63, 3.8) is 0 Å². The fourth-order valence-corrected chi connectivity index (χ4v) is 6.52. The molecule has 4 rings (SSSR count). The SMILES string of the molecule is CC.CCC1OC(CO)C(O)C(OCC2OC(COCC3OC(CO)C(O)C(O)C3O)C(O)C(OCC3OC(CO)C(O)C(O)C3O)C2O)C1O. The van der Waals surface area contributed by atoms with E-state index in [1.54, 1.807) is 6.92 Å². The largest absolute Gasteiger partial charge is 0.394 e. The molecule has 0 aromatic carbocycles. The van der Waals surface area contributed by atoms with Gasteiger partial charge in [-0.2, -0.15) is 0 Å². The highest BCUT2D eigenvalue weighted by molar-refractivity contribution is 4.98. The highest BCUT2D eigenvalue weighted by Crippen LogP contribution is 2.30. The second-order valence-corrected chi connectivity index (χ2v) is 12.8. The molecule has 302 valence electrons. The Balaban J connectivity index is 0.00000345. The molecule has 0 spiro atoms. The summed E-state index contributed by atoms with van der Waals surface area (Å²) in [6.45, 7) is 1.90. The van der Waals surface area contributed by atoms with E-state index in [-0.39, 0.29) is 0 Å². The van der Waals surface area contributed by atoms with Crippen LogP contribution in [-0.4, -0.2) is 235 Å². The van der Waals surface area contributed by atoms with E-state index in [9.17, 15) is 66.4 Å². The van der Waals surface area contributed by atoms with Gasteiger partial charge in [-0.05, 0) is 6.42 Å². The molecule has 0 aliphatic carbocycles. The van der Waals surface area contributed by atoms with Gasteiger partial charge in [0.05, 0.1) is 52.4 Å². The Kier molecular flexibility index (Phi) is 18.2. The van der Waals surface area contributed by atoms with Crippen molar-refractivity contribution in [2.45, 2.75) is 149 Å². The van der Waals surface area contributed by atoms with E-state index in [1.165, 1.54) is 0 Å². The third-order valence-electron chi connectivity index (χ3n) is 9.60. The van der Waals surface area contributed by atoms with Crippen LogP contribution in [0.25, 0.3) is 0 Å². The van der Waals surface area contributed by atoms with E-state index in [1.807, 2.05) is 13.8 Å². The maximum absolute atomic E-state index is 11.3. The predicted octanol–water partition coefficient (Wildman–Crippen LogP) is -7.13. The van der Waals surface area contributed by atoms with E-state index < -0.39 is 168 Å². The molecule has 13 N–H and O–H groups in total. The Morgan fingerprint density at radius 1 is 0.373 bits per heavy atom. The summed E-state index contributed by atoms with van der Waals surface area (Å²) in [6, 6.07) is 0. The quantitative estimate of drug-likeness (QED) is 0.0784. The van der Waals surface area contributed by atoms with E-state index in [0.717, 1.165) is 0 Å². The molecule has 0 radical (unpaired) electrons. The summed E-state index contributed by atoms with van der Waals surface area (Å²) in [7, 11) is 0. The van der Waals surface area contributed by atoms with Crippen molar-refractivity contribution in [1.82, 2.24) is 0 Å². The third kappa shape index (κ3) is 10.3. The van der Waals surface area contributed by atoms with E-state index in [2.05, 4.69) is 0 Å². The minimum atomic E-state index is -1.71. The lowest BCUT2D eigenvalue weighted by atomic mass is 9.92. The van der Waals surface area contributed by atoms with Crippen molar-refractivity contribution in [3.8, 4) is 0 Å². The Labute approximate surface area is 295 Å². The van der Waals surface area contributed by atoms with E-state index in [0.29, 0.717) is 6.42 Å². The number of rotatable bonds is 14. The van der Waals surface area contributed by atoms with Gasteiger partial charge in [0.25, 0.3) is 0 Å². The molecule has 4 aliphatic heterocycles. The van der Waals surface area contributed by atoms with Crippen LogP contribution in [0.4, 0.5) is 0 Å². The molecule has 4 aliphatic rings. The average Bonchev–Trinajstić information content (AvgIpc) is 3.13. The molecule has 0 bridgehead atoms. The monoisotopic (exact) mass is 750 g/mol. The van der Waals surface area contributed by atoms with Gasteiger partial charge >= 0.3 is 0 Å². The van der Waals surface area contributed by atoms with Crippen LogP contribution < -0.4 is 0 Å². The first-order valence-electron chi connectivity index (χ1n) is 17.3. The minimum absolute atomic E-state index is 0.320. The number of hydrogen-bond acceptors (Lipinski definition) is 20. The molecule has 51 heavy (non-hydrogen) atoms. The normalized spacial score (nSPS) is 47.8. The Morgan fingerprint density at radius 2 is 0.647 bits per heavy atom. The summed E-state index contributed by atoms with van der Waals surface area (Å²) >= 11 is 0. The van der Waals surface area contributed by atoms with Crippen LogP contribution in [0.1, 0.15) is 27.2 Å². The molecule has 4 saturated heterocycles. The Hall–Kier alpha value is -0.800. The molecule has 20 heteroatoms. The van der Waals surface area contributed by atoms with Gasteiger partial charge in [-0.3, -0.25) is 0 Å². The summed E-state index contributed by atoms with van der Waals surface area (Å²) in [5, 5.41) is 134. The van der Waals surface area contributed by atoms with Crippen LogP contribution in [-0.2, 0) is 33.2 Å². The lowest BCUT2D eigenvalue weighted by Gasteiger charge is -2.46. The smallest absolute Gasteiger partial charge is 0.115 e. The van der Waals surface area contributed by atoms with Gasteiger partial charge < -0.3 is 99.5 Å². The zero-order valence-corrected chi connectivity index (χ0v) is 28.9. The molecular formula is C31H58O20. The summed E-state index contributed by atoms with van der Waals surface area (Å²) in [5.41, 5.74) is 0. The molecule has 4 heterocycles. The molecule has 20 atom stereocenters. The van der Waals surface area contributed by atoms with Crippen LogP contribution in [0.2, 0.25) is 0 Å². The van der Waals surface area contributed by atoms with Crippen molar-refractivity contribution >= 4 is 0 Å².